The summed E-state index contributed by atoms with van der Waals surface area (Å²) in [6.45, 7) is 5.37. The molecule has 0 spiro atoms. The van der Waals surface area contributed by atoms with Crippen LogP contribution < -0.4 is 10.1 Å². The molecule has 2 N–H and O–H groups in total. The zero-order valence-electron chi connectivity index (χ0n) is 13.1. The van der Waals surface area contributed by atoms with Crippen molar-refractivity contribution in [2.45, 2.75) is 32.4 Å². The minimum atomic E-state index is -0.940. The topological polar surface area (TPSA) is 78.9 Å². The van der Waals surface area contributed by atoms with Crippen LogP contribution in [0, 0.1) is 5.92 Å². The van der Waals surface area contributed by atoms with Crippen molar-refractivity contribution in [2.75, 3.05) is 13.2 Å². The van der Waals surface area contributed by atoms with Crippen LogP contribution in [0.3, 0.4) is 0 Å². The molecule has 0 aliphatic carbocycles. The summed E-state index contributed by atoms with van der Waals surface area (Å²) in [5, 5.41) is 12.7. The molecule has 1 aromatic carbocycles. The smallest absolute Gasteiger partial charge is 0.325 e. The summed E-state index contributed by atoms with van der Waals surface area (Å²) in [6, 6.07) is 8.59. The SMILES string of the molecule is CC(C)[C@]1(C)NC(=O)N(C[C@@H](O)COc2ccccc2)C1=O. The predicted molar refractivity (Wildman–Crippen MR) is 81.4 cm³/mol. The first-order valence-electron chi connectivity index (χ1n) is 7.34. The number of rotatable bonds is 6. The molecule has 22 heavy (non-hydrogen) atoms. The van der Waals surface area contributed by atoms with Gasteiger partial charge in [-0.15, -0.1) is 0 Å². The van der Waals surface area contributed by atoms with Gasteiger partial charge in [-0.2, -0.15) is 0 Å². The number of carbonyl (C=O) groups excluding carboxylic acids is 2. The highest BCUT2D eigenvalue weighted by atomic mass is 16.5. The Labute approximate surface area is 130 Å². The molecule has 0 radical (unpaired) electrons. The third-order valence-corrected chi connectivity index (χ3v) is 4.03. The Bertz CT molecular complexity index is 546. The molecule has 1 heterocycles. The number of ether oxygens (including phenoxy) is 1. The zero-order chi connectivity index (χ0) is 16.3. The Kier molecular flexibility index (Phi) is 4.71. The van der Waals surface area contributed by atoms with E-state index < -0.39 is 17.7 Å². The fourth-order valence-corrected chi connectivity index (χ4v) is 2.25. The number of nitrogens with zero attached hydrogens (tertiary/aromatic N) is 1. The molecule has 0 saturated carbocycles. The predicted octanol–water partition coefficient (Wildman–Crippen LogP) is 1.39. The van der Waals surface area contributed by atoms with Crippen LogP contribution in [0.15, 0.2) is 30.3 Å². The van der Waals surface area contributed by atoms with Gasteiger partial charge in [0.2, 0.25) is 0 Å². The summed E-state index contributed by atoms with van der Waals surface area (Å²) in [5.41, 5.74) is -0.920. The standard InChI is InChI=1S/C16H22N2O4/c1-11(2)16(3)14(20)18(15(21)17-16)9-12(19)10-22-13-7-5-4-6-8-13/h4-8,11-12,19H,9-10H2,1-3H3,(H,17,21)/t12-,16+/m1/s1. The molecule has 3 amide bonds. The van der Waals surface area contributed by atoms with E-state index in [1.807, 2.05) is 32.0 Å². The Balaban J connectivity index is 1.93. The van der Waals surface area contributed by atoms with Crippen molar-refractivity contribution in [2.24, 2.45) is 5.92 Å². The van der Waals surface area contributed by atoms with E-state index in [-0.39, 0.29) is 25.0 Å². The summed E-state index contributed by atoms with van der Waals surface area (Å²) in [5.74, 6) is 0.281. The molecule has 1 aliphatic rings. The fourth-order valence-electron chi connectivity index (χ4n) is 2.25. The van der Waals surface area contributed by atoms with Gasteiger partial charge in [-0.25, -0.2) is 4.79 Å². The van der Waals surface area contributed by atoms with Crippen LogP contribution in [-0.4, -0.2) is 46.7 Å². The van der Waals surface area contributed by atoms with Gasteiger partial charge < -0.3 is 15.2 Å². The van der Waals surface area contributed by atoms with Gasteiger partial charge in [-0.1, -0.05) is 32.0 Å². The molecule has 120 valence electrons. The number of carbonyl (C=O) groups is 2. The highest BCUT2D eigenvalue weighted by molar-refractivity contribution is 6.06. The first kappa shape index (κ1) is 16.3. The Morgan fingerprint density at radius 3 is 2.45 bits per heavy atom. The van der Waals surface area contributed by atoms with Crippen molar-refractivity contribution in [1.29, 1.82) is 0 Å². The van der Waals surface area contributed by atoms with Crippen LogP contribution in [0.25, 0.3) is 0 Å². The van der Waals surface area contributed by atoms with Gasteiger partial charge in [0.1, 0.15) is 24.0 Å². The largest absolute Gasteiger partial charge is 0.491 e. The van der Waals surface area contributed by atoms with Crippen molar-refractivity contribution in [3.63, 3.8) is 0 Å². The normalized spacial score (nSPS) is 22.9. The number of aliphatic hydroxyl groups is 1. The van der Waals surface area contributed by atoms with Crippen molar-refractivity contribution in [3.8, 4) is 5.75 Å². The second-order valence-corrected chi connectivity index (χ2v) is 5.98. The first-order valence-corrected chi connectivity index (χ1v) is 7.34. The highest BCUT2D eigenvalue weighted by Crippen LogP contribution is 2.25. The lowest BCUT2D eigenvalue weighted by Gasteiger charge is -2.26. The van der Waals surface area contributed by atoms with Crippen molar-refractivity contribution >= 4 is 11.9 Å². The zero-order valence-corrected chi connectivity index (χ0v) is 13.1. The molecule has 1 aromatic rings. The minimum Gasteiger partial charge on any atom is -0.491 e. The van der Waals surface area contributed by atoms with Crippen LogP contribution in [-0.2, 0) is 4.79 Å². The van der Waals surface area contributed by atoms with Gasteiger partial charge in [-0.3, -0.25) is 9.69 Å². The number of aliphatic hydroxyl groups excluding tert-OH is 1. The number of para-hydroxylation sites is 1. The van der Waals surface area contributed by atoms with Gasteiger partial charge >= 0.3 is 6.03 Å². The molecule has 2 atom stereocenters. The highest BCUT2D eigenvalue weighted by Gasteiger charge is 2.49. The maximum absolute atomic E-state index is 12.4. The quantitative estimate of drug-likeness (QED) is 0.779. The Hall–Kier alpha value is -2.08. The lowest BCUT2D eigenvalue weighted by molar-refractivity contribution is -0.133. The number of imide groups is 1. The van der Waals surface area contributed by atoms with E-state index >= 15 is 0 Å². The van der Waals surface area contributed by atoms with Gasteiger partial charge in [0.25, 0.3) is 5.91 Å². The fraction of sp³-hybridized carbons (Fsp3) is 0.500. The van der Waals surface area contributed by atoms with Gasteiger partial charge in [0, 0.05) is 0 Å². The summed E-state index contributed by atoms with van der Waals surface area (Å²) >= 11 is 0. The van der Waals surface area contributed by atoms with E-state index in [0.717, 1.165) is 4.90 Å². The number of hydrogen-bond donors (Lipinski definition) is 2. The molecule has 2 rings (SSSR count). The maximum Gasteiger partial charge on any atom is 0.325 e. The molecular weight excluding hydrogens is 284 g/mol. The summed E-state index contributed by atoms with van der Waals surface area (Å²) < 4.78 is 5.43. The molecule has 1 fully saturated rings. The van der Waals surface area contributed by atoms with Crippen molar-refractivity contribution in [1.82, 2.24) is 10.2 Å². The van der Waals surface area contributed by atoms with Crippen LogP contribution in [0.2, 0.25) is 0 Å². The molecule has 0 bridgehead atoms. The first-order chi connectivity index (χ1) is 10.3. The number of hydrogen-bond acceptors (Lipinski definition) is 4. The van der Waals surface area contributed by atoms with E-state index in [9.17, 15) is 14.7 Å². The maximum atomic E-state index is 12.4. The van der Waals surface area contributed by atoms with Gasteiger partial charge in [0.15, 0.2) is 0 Å². The number of amides is 3. The van der Waals surface area contributed by atoms with Crippen molar-refractivity contribution in [3.05, 3.63) is 30.3 Å². The molecule has 1 saturated heterocycles. The third kappa shape index (κ3) is 3.22. The van der Waals surface area contributed by atoms with Crippen LogP contribution in [0.5, 0.6) is 5.75 Å². The number of β-amino-alcohol motifs (C(OH)–C–C–N with tert-alkyl or cyclic N) is 1. The molecule has 6 nitrogen and oxygen atoms in total. The Morgan fingerprint density at radius 2 is 1.91 bits per heavy atom. The molecule has 0 unspecified atom stereocenters. The number of nitrogens with one attached hydrogen (secondary N) is 1. The third-order valence-electron chi connectivity index (χ3n) is 4.03. The van der Waals surface area contributed by atoms with E-state index in [0.29, 0.717) is 5.75 Å². The summed E-state index contributed by atoms with van der Waals surface area (Å²) in [4.78, 5) is 25.4. The second kappa shape index (κ2) is 6.36. The molecular formula is C16H22N2O4. The molecule has 0 aromatic heterocycles. The van der Waals surface area contributed by atoms with E-state index in [2.05, 4.69) is 5.32 Å². The number of benzene rings is 1. The van der Waals surface area contributed by atoms with Gasteiger partial charge in [0.05, 0.1) is 6.54 Å². The lowest BCUT2D eigenvalue weighted by atomic mass is 9.88. The average molecular weight is 306 g/mol. The van der Waals surface area contributed by atoms with Gasteiger partial charge in [-0.05, 0) is 25.0 Å². The minimum absolute atomic E-state index is 0.0134. The van der Waals surface area contributed by atoms with Crippen molar-refractivity contribution < 1.29 is 19.4 Å². The van der Waals surface area contributed by atoms with E-state index in [1.54, 1.807) is 19.1 Å². The Morgan fingerprint density at radius 1 is 1.27 bits per heavy atom. The summed E-state index contributed by atoms with van der Waals surface area (Å²) in [7, 11) is 0. The van der Waals surface area contributed by atoms with E-state index in [1.165, 1.54) is 0 Å². The number of urea groups is 1. The second-order valence-electron chi connectivity index (χ2n) is 5.98. The van der Waals surface area contributed by atoms with Crippen LogP contribution >= 0.6 is 0 Å². The average Bonchev–Trinajstić information content (AvgIpc) is 2.71. The van der Waals surface area contributed by atoms with E-state index in [4.69, 9.17) is 4.74 Å². The lowest BCUT2D eigenvalue weighted by Crippen LogP contribution is -2.49. The molecule has 6 heteroatoms. The molecule has 1 aliphatic heterocycles. The summed E-state index contributed by atoms with van der Waals surface area (Å²) in [6.07, 6.45) is -0.940. The van der Waals surface area contributed by atoms with Crippen LogP contribution in [0.4, 0.5) is 4.79 Å². The monoisotopic (exact) mass is 306 g/mol. The van der Waals surface area contributed by atoms with Crippen LogP contribution in [0.1, 0.15) is 20.8 Å².